The number of hydrogen-bond donors (Lipinski definition) is 2. The van der Waals surface area contributed by atoms with Gasteiger partial charge in [0.1, 0.15) is 5.56 Å². The third kappa shape index (κ3) is 2.82. The summed E-state index contributed by atoms with van der Waals surface area (Å²) in [7, 11) is 0. The van der Waals surface area contributed by atoms with Gasteiger partial charge in [-0.2, -0.15) is 5.10 Å². The highest BCUT2D eigenvalue weighted by molar-refractivity contribution is 5.91. The molecule has 0 aliphatic carbocycles. The van der Waals surface area contributed by atoms with Gasteiger partial charge in [0.05, 0.1) is 24.3 Å². The minimum Gasteiger partial charge on any atom is -0.477 e. The number of anilines is 1. The average Bonchev–Trinajstić information content (AvgIpc) is 2.80. The van der Waals surface area contributed by atoms with E-state index in [2.05, 4.69) is 10.1 Å². The zero-order valence-electron chi connectivity index (χ0n) is 10.6. The molecule has 0 saturated heterocycles. The summed E-state index contributed by atoms with van der Waals surface area (Å²) in [6.07, 6.45) is 4.52. The van der Waals surface area contributed by atoms with Gasteiger partial charge in [0.25, 0.3) is 0 Å². The van der Waals surface area contributed by atoms with Gasteiger partial charge >= 0.3 is 5.97 Å². The van der Waals surface area contributed by atoms with E-state index in [1.54, 1.807) is 10.9 Å². The molecule has 0 amide bonds. The quantitative estimate of drug-likeness (QED) is 0.872. The molecule has 0 saturated carbocycles. The van der Waals surface area contributed by atoms with Gasteiger partial charge in [-0.3, -0.25) is 4.68 Å². The van der Waals surface area contributed by atoms with E-state index in [0.717, 1.165) is 0 Å². The van der Waals surface area contributed by atoms with Crippen LogP contribution in [-0.4, -0.2) is 25.8 Å². The van der Waals surface area contributed by atoms with Crippen molar-refractivity contribution in [3.8, 4) is 11.6 Å². The van der Waals surface area contributed by atoms with Crippen LogP contribution in [0.25, 0.3) is 0 Å². The molecule has 0 atom stereocenters. The summed E-state index contributed by atoms with van der Waals surface area (Å²) in [4.78, 5) is 15.0. The molecule has 2 aromatic heterocycles. The molecular formula is C12H14N4O3. The van der Waals surface area contributed by atoms with Crippen molar-refractivity contribution in [1.82, 2.24) is 14.8 Å². The first kappa shape index (κ1) is 12.9. The normalized spacial score (nSPS) is 10.7. The van der Waals surface area contributed by atoms with Gasteiger partial charge < -0.3 is 15.6 Å². The minimum absolute atomic E-state index is 0.00925. The van der Waals surface area contributed by atoms with E-state index < -0.39 is 5.97 Å². The molecule has 0 fully saturated rings. The Morgan fingerprint density at radius 1 is 1.47 bits per heavy atom. The highest BCUT2D eigenvalue weighted by Crippen LogP contribution is 2.24. The number of nitrogens with zero attached hydrogens (tertiary/aromatic N) is 3. The smallest absolute Gasteiger partial charge is 0.341 e. The Bertz CT molecular complexity index is 607. The van der Waals surface area contributed by atoms with Crippen LogP contribution in [0.2, 0.25) is 0 Å². The molecule has 2 heterocycles. The Hall–Kier alpha value is -2.57. The molecule has 100 valence electrons. The highest BCUT2D eigenvalue weighted by atomic mass is 16.5. The van der Waals surface area contributed by atoms with E-state index >= 15 is 0 Å². The Morgan fingerprint density at radius 2 is 2.21 bits per heavy atom. The van der Waals surface area contributed by atoms with Crippen molar-refractivity contribution in [2.75, 3.05) is 5.73 Å². The van der Waals surface area contributed by atoms with Crippen LogP contribution < -0.4 is 10.5 Å². The molecule has 2 rings (SSSR count). The molecular weight excluding hydrogens is 248 g/mol. The third-order valence-corrected chi connectivity index (χ3v) is 2.42. The number of nitrogens with two attached hydrogens (primary N) is 1. The first-order chi connectivity index (χ1) is 8.97. The molecule has 3 N–H and O–H groups in total. The van der Waals surface area contributed by atoms with Crippen LogP contribution in [0.15, 0.2) is 24.7 Å². The lowest BCUT2D eigenvalue weighted by atomic mass is 10.2. The predicted octanol–water partition coefficient (Wildman–Crippen LogP) is 1.93. The second-order valence-corrected chi connectivity index (χ2v) is 4.28. The van der Waals surface area contributed by atoms with E-state index in [-0.39, 0.29) is 23.2 Å². The second-order valence-electron chi connectivity index (χ2n) is 4.28. The maximum atomic E-state index is 11.1. The molecule has 0 unspecified atom stereocenters. The number of nitrogen functional groups attached to an aromatic ring is 1. The van der Waals surface area contributed by atoms with Gasteiger partial charge in [0, 0.05) is 6.04 Å². The molecule has 0 aliphatic heterocycles. The number of carboxylic acids is 1. The van der Waals surface area contributed by atoms with Crippen molar-refractivity contribution < 1.29 is 14.6 Å². The van der Waals surface area contributed by atoms with Crippen LogP contribution in [0.5, 0.6) is 11.6 Å². The fourth-order valence-corrected chi connectivity index (χ4v) is 1.47. The summed E-state index contributed by atoms with van der Waals surface area (Å²) < 4.78 is 7.13. The minimum atomic E-state index is -1.15. The Kier molecular flexibility index (Phi) is 3.37. The summed E-state index contributed by atoms with van der Waals surface area (Å²) in [6.45, 7) is 3.95. The first-order valence-electron chi connectivity index (χ1n) is 5.68. The Labute approximate surface area is 109 Å². The lowest BCUT2D eigenvalue weighted by molar-refractivity contribution is 0.0693. The zero-order chi connectivity index (χ0) is 14.0. The van der Waals surface area contributed by atoms with Crippen molar-refractivity contribution in [2.45, 2.75) is 19.9 Å². The second kappa shape index (κ2) is 4.97. The van der Waals surface area contributed by atoms with Gasteiger partial charge in [0.2, 0.25) is 5.88 Å². The molecule has 7 nitrogen and oxygen atoms in total. The predicted molar refractivity (Wildman–Crippen MR) is 68.3 cm³/mol. The monoisotopic (exact) mass is 262 g/mol. The van der Waals surface area contributed by atoms with Crippen molar-refractivity contribution in [3.63, 3.8) is 0 Å². The summed E-state index contributed by atoms with van der Waals surface area (Å²) in [5.41, 5.74) is 5.69. The largest absolute Gasteiger partial charge is 0.477 e. The van der Waals surface area contributed by atoms with Crippen molar-refractivity contribution in [3.05, 3.63) is 30.2 Å². The summed E-state index contributed by atoms with van der Waals surface area (Å²) in [5.74, 6) is -0.732. The number of ether oxygens (including phenoxy) is 1. The molecule has 0 spiro atoms. The molecule has 0 aliphatic rings. The van der Waals surface area contributed by atoms with Crippen molar-refractivity contribution >= 4 is 11.7 Å². The number of rotatable bonds is 4. The number of pyridine rings is 1. The van der Waals surface area contributed by atoms with Crippen LogP contribution in [0.4, 0.5) is 5.69 Å². The lowest BCUT2D eigenvalue weighted by Gasteiger charge is -2.06. The number of aromatic nitrogens is 3. The summed E-state index contributed by atoms with van der Waals surface area (Å²) >= 11 is 0. The Morgan fingerprint density at radius 3 is 2.79 bits per heavy atom. The van der Waals surface area contributed by atoms with Crippen LogP contribution in [0.3, 0.4) is 0 Å². The van der Waals surface area contributed by atoms with E-state index in [1.165, 1.54) is 18.5 Å². The van der Waals surface area contributed by atoms with E-state index in [0.29, 0.717) is 5.75 Å². The number of carbonyl (C=O) groups is 1. The highest BCUT2D eigenvalue weighted by Gasteiger charge is 2.15. The van der Waals surface area contributed by atoms with E-state index in [1.807, 2.05) is 13.8 Å². The SMILES string of the molecule is CC(C)n1cc(Oc2ncc(N)cc2C(=O)O)cn1. The van der Waals surface area contributed by atoms with Crippen LogP contribution in [0, 0.1) is 0 Å². The van der Waals surface area contributed by atoms with Gasteiger partial charge in [-0.25, -0.2) is 9.78 Å². The number of hydrogen-bond acceptors (Lipinski definition) is 5. The van der Waals surface area contributed by atoms with E-state index in [9.17, 15) is 4.79 Å². The molecule has 0 radical (unpaired) electrons. The molecule has 19 heavy (non-hydrogen) atoms. The molecule has 0 bridgehead atoms. The van der Waals surface area contributed by atoms with Crippen LogP contribution in [-0.2, 0) is 0 Å². The van der Waals surface area contributed by atoms with Gasteiger partial charge in [-0.1, -0.05) is 0 Å². The topological polar surface area (TPSA) is 103 Å². The zero-order valence-corrected chi connectivity index (χ0v) is 10.6. The fourth-order valence-electron chi connectivity index (χ4n) is 1.47. The van der Waals surface area contributed by atoms with Crippen LogP contribution in [0.1, 0.15) is 30.2 Å². The maximum absolute atomic E-state index is 11.1. The standard InChI is InChI=1S/C12H14N4O3/c1-7(2)16-6-9(5-15-16)19-11-10(12(17)18)3-8(13)4-14-11/h3-7H,13H2,1-2H3,(H,17,18). The van der Waals surface area contributed by atoms with Crippen molar-refractivity contribution in [2.24, 2.45) is 0 Å². The Balaban J connectivity index is 2.29. The fraction of sp³-hybridized carbons (Fsp3) is 0.250. The third-order valence-electron chi connectivity index (χ3n) is 2.42. The maximum Gasteiger partial charge on any atom is 0.341 e. The van der Waals surface area contributed by atoms with Crippen molar-refractivity contribution in [1.29, 1.82) is 0 Å². The summed E-state index contributed by atoms with van der Waals surface area (Å²) in [5, 5.41) is 13.2. The lowest BCUT2D eigenvalue weighted by Crippen LogP contribution is -2.03. The number of carboxylic acid groups (broad SMARTS) is 1. The molecule has 2 aromatic rings. The van der Waals surface area contributed by atoms with Crippen LogP contribution >= 0.6 is 0 Å². The summed E-state index contributed by atoms with van der Waals surface area (Å²) in [6, 6.07) is 1.49. The van der Waals surface area contributed by atoms with Gasteiger partial charge in [0.15, 0.2) is 5.75 Å². The van der Waals surface area contributed by atoms with E-state index in [4.69, 9.17) is 15.6 Å². The number of aromatic carboxylic acids is 1. The van der Waals surface area contributed by atoms with Gasteiger partial charge in [-0.05, 0) is 19.9 Å². The first-order valence-corrected chi connectivity index (χ1v) is 5.68. The molecule has 0 aromatic carbocycles. The molecule has 7 heteroatoms. The van der Waals surface area contributed by atoms with Gasteiger partial charge in [-0.15, -0.1) is 0 Å². The average molecular weight is 262 g/mol.